The number of hydrazine groups is 1. The Morgan fingerprint density at radius 1 is 0.857 bits per heavy atom. The van der Waals surface area contributed by atoms with Gasteiger partial charge in [-0.1, -0.05) is 6.42 Å². The van der Waals surface area contributed by atoms with E-state index < -0.39 is 46.8 Å². The quantitative estimate of drug-likeness (QED) is 0.191. The molecule has 0 amide bonds. The number of hydrogen-bond donors (Lipinski definition) is 3. The average molecular weight is 502 g/mol. The predicted octanol–water partition coefficient (Wildman–Crippen LogP) is 1.38. The fraction of sp³-hybridized carbons (Fsp3) is 0.833. The summed E-state index contributed by atoms with van der Waals surface area (Å²) in [5, 5.41) is 0. The van der Waals surface area contributed by atoms with Crippen molar-refractivity contribution in [3.05, 3.63) is 0 Å². The first-order valence-corrected chi connectivity index (χ1v) is 12.0. The lowest BCUT2D eigenvalue weighted by Gasteiger charge is -2.29. The Hall–Kier alpha value is -1.92. The molecule has 35 heavy (non-hydrogen) atoms. The number of methoxy groups -OCH3 is 1. The molecular formula is C24H43N3O8. The third kappa shape index (κ3) is 11.1. The van der Waals surface area contributed by atoms with Gasteiger partial charge in [-0.3, -0.25) is 19.9 Å². The zero-order chi connectivity index (χ0) is 27.0. The summed E-state index contributed by atoms with van der Waals surface area (Å²) in [4.78, 5) is 54.2. The van der Waals surface area contributed by atoms with E-state index in [1.807, 2.05) is 0 Å². The van der Waals surface area contributed by atoms with Gasteiger partial charge in [-0.2, -0.15) is 5.48 Å². The second-order valence-corrected chi connectivity index (χ2v) is 10.8. The maximum atomic E-state index is 12.3. The molecule has 0 aromatic heterocycles. The van der Waals surface area contributed by atoms with Gasteiger partial charge in [0.1, 0.15) is 11.2 Å². The Kier molecular flexibility index (Phi) is 11.9. The maximum absolute atomic E-state index is 12.3. The third-order valence-electron chi connectivity index (χ3n) is 5.29. The average Bonchev–Trinajstić information content (AvgIpc) is 3.19. The minimum atomic E-state index is -0.913. The van der Waals surface area contributed by atoms with Crippen molar-refractivity contribution in [2.75, 3.05) is 13.7 Å². The molecule has 5 unspecified atom stereocenters. The first-order valence-electron chi connectivity index (χ1n) is 12.0. The highest BCUT2D eigenvalue weighted by molar-refractivity contribution is 6.36. The zero-order valence-electron chi connectivity index (χ0n) is 22.5. The van der Waals surface area contributed by atoms with Gasteiger partial charge < -0.3 is 14.2 Å². The van der Waals surface area contributed by atoms with Crippen LogP contribution in [0.5, 0.6) is 0 Å². The first kappa shape index (κ1) is 31.1. The monoisotopic (exact) mass is 501 g/mol. The van der Waals surface area contributed by atoms with Crippen LogP contribution in [0.3, 0.4) is 0 Å². The van der Waals surface area contributed by atoms with Crippen molar-refractivity contribution in [2.45, 2.75) is 110 Å². The number of ketones is 2. The summed E-state index contributed by atoms with van der Waals surface area (Å²) in [7, 11) is 1.58. The molecule has 1 aliphatic carbocycles. The topological polar surface area (TPSA) is 141 Å². The van der Waals surface area contributed by atoms with Crippen LogP contribution in [0, 0.1) is 5.92 Å². The minimum absolute atomic E-state index is 0.00231. The van der Waals surface area contributed by atoms with E-state index in [4.69, 9.17) is 19.0 Å². The number of nitrogens with one attached hydrogen (secondary N) is 3. The predicted molar refractivity (Wildman–Crippen MR) is 128 cm³/mol. The van der Waals surface area contributed by atoms with Crippen molar-refractivity contribution in [3.8, 4) is 0 Å². The Morgan fingerprint density at radius 3 is 1.86 bits per heavy atom. The van der Waals surface area contributed by atoms with E-state index in [-0.39, 0.29) is 18.1 Å². The summed E-state index contributed by atoms with van der Waals surface area (Å²) in [5.74, 6) is -3.21. The molecular weight excluding hydrogens is 458 g/mol. The molecule has 1 fully saturated rings. The van der Waals surface area contributed by atoms with Gasteiger partial charge in [-0.25, -0.2) is 15.0 Å². The molecule has 11 nitrogen and oxygen atoms in total. The minimum Gasteiger partial charge on any atom is -0.454 e. The fourth-order valence-corrected chi connectivity index (χ4v) is 3.57. The van der Waals surface area contributed by atoms with E-state index in [0.29, 0.717) is 6.54 Å². The summed E-state index contributed by atoms with van der Waals surface area (Å²) in [6, 6.07) is -1.66. The summed E-state index contributed by atoms with van der Waals surface area (Å²) in [5.41, 5.74) is 6.95. The molecule has 11 heteroatoms. The lowest BCUT2D eigenvalue weighted by molar-refractivity contribution is -0.165. The van der Waals surface area contributed by atoms with Crippen molar-refractivity contribution >= 4 is 23.5 Å². The molecule has 0 aromatic rings. The first-order chi connectivity index (χ1) is 16.1. The van der Waals surface area contributed by atoms with Crippen molar-refractivity contribution in [1.29, 1.82) is 0 Å². The molecule has 0 spiro atoms. The molecule has 0 bridgehead atoms. The molecule has 1 aliphatic rings. The van der Waals surface area contributed by atoms with Gasteiger partial charge in [-0.15, -0.1) is 0 Å². The van der Waals surface area contributed by atoms with Crippen LogP contribution in [0.4, 0.5) is 0 Å². The van der Waals surface area contributed by atoms with Crippen LogP contribution in [0.2, 0.25) is 0 Å². The standard InChI is InChI=1S/C24H43N3O8/c1-14(19(28)21(30)33-23(3,4)5)26-25-13-18(32-9)16-11-10-12-17(16)35-27-15(2)20(29)22(31)34-24(6,7)8/h14-18,25-27H,10-13H2,1-9H3. The van der Waals surface area contributed by atoms with Crippen molar-refractivity contribution in [3.63, 3.8) is 0 Å². The van der Waals surface area contributed by atoms with Crippen LogP contribution >= 0.6 is 0 Å². The Labute approximate surface area is 208 Å². The molecule has 0 saturated heterocycles. The number of hydroxylamine groups is 1. The Balaban J connectivity index is 2.55. The second-order valence-electron chi connectivity index (χ2n) is 10.8. The molecule has 5 atom stereocenters. The fourth-order valence-electron chi connectivity index (χ4n) is 3.57. The molecule has 0 heterocycles. The van der Waals surface area contributed by atoms with Crippen LogP contribution in [0.1, 0.15) is 74.7 Å². The van der Waals surface area contributed by atoms with Crippen LogP contribution in [0.15, 0.2) is 0 Å². The number of hydrogen-bond acceptors (Lipinski definition) is 11. The lowest BCUT2D eigenvalue weighted by Crippen LogP contribution is -2.51. The zero-order valence-corrected chi connectivity index (χ0v) is 22.5. The van der Waals surface area contributed by atoms with E-state index in [1.165, 1.54) is 0 Å². The van der Waals surface area contributed by atoms with Crippen molar-refractivity contribution < 1.29 is 38.2 Å². The molecule has 3 N–H and O–H groups in total. The highest BCUT2D eigenvalue weighted by atomic mass is 16.7. The van der Waals surface area contributed by atoms with Gasteiger partial charge >= 0.3 is 11.9 Å². The highest BCUT2D eigenvalue weighted by Crippen LogP contribution is 2.31. The highest BCUT2D eigenvalue weighted by Gasteiger charge is 2.36. The van der Waals surface area contributed by atoms with Gasteiger partial charge in [0.25, 0.3) is 11.6 Å². The Bertz CT molecular complexity index is 744. The van der Waals surface area contributed by atoms with Gasteiger partial charge in [0.2, 0.25) is 0 Å². The van der Waals surface area contributed by atoms with E-state index in [1.54, 1.807) is 62.5 Å². The van der Waals surface area contributed by atoms with E-state index >= 15 is 0 Å². The normalized spacial score (nSPS) is 21.2. The SMILES string of the molecule is COC(CNNC(C)C(=O)C(=O)OC(C)(C)C)C1CCCC1ONC(C)C(=O)C(=O)OC(C)(C)C. The molecule has 1 rings (SSSR count). The van der Waals surface area contributed by atoms with E-state index in [0.717, 1.165) is 19.3 Å². The van der Waals surface area contributed by atoms with Crippen LogP contribution < -0.4 is 16.3 Å². The number of carbonyl (C=O) groups is 4. The van der Waals surface area contributed by atoms with Crippen LogP contribution in [-0.2, 0) is 38.2 Å². The van der Waals surface area contributed by atoms with Crippen LogP contribution in [-0.4, -0.2) is 72.7 Å². The number of carbonyl (C=O) groups excluding carboxylic acids is 4. The number of esters is 2. The van der Waals surface area contributed by atoms with Crippen LogP contribution in [0.25, 0.3) is 0 Å². The number of Topliss-reactive ketones (excluding diaryl/α,β-unsaturated/α-hetero) is 2. The summed E-state index contributed by atoms with van der Waals surface area (Å²) in [6.45, 7) is 13.6. The lowest BCUT2D eigenvalue weighted by atomic mass is 9.98. The van der Waals surface area contributed by atoms with Crippen molar-refractivity contribution in [2.24, 2.45) is 5.92 Å². The molecule has 0 aromatic carbocycles. The maximum Gasteiger partial charge on any atom is 0.376 e. The third-order valence-corrected chi connectivity index (χ3v) is 5.29. The number of ether oxygens (including phenoxy) is 3. The second kappa shape index (κ2) is 13.4. The van der Waals surface area contributed by atoms with E-state index in [9.17, 15) is 19.2 Å². The van der Waals surface area contributed by atoms with Crippen molar-refractivity contribution in [1.82, 2.24) is 16.3 Å². The summed E-state index contributed by atoms with van der Waals surface area (Å²) >= 11 is 0. The van der Waals surface area contributed by atoms with Gasteiger partial charge in [0, 0.05) is 19.6 Å². The summed E-state index contributed by atoms with van der Waals surface area (Å²) < 4.78 is 15.9. The summed E-state index contributed by atoms with van der Waals surface area (Å²) in [6.07, 6.45) is 2.00. The number of rotatable bonds is 13. The van der Waals surface area contributed by atoms with Gasteiger partial charge in [0.15, 0.2) is 0 Å². The van der Waals surface area contributed by atoms with Gasteiger partial charge in [0.05, 0.1) is 24.3 Å². The molecule has 1 saturated carbocycles. The largest absolute Gasteiger partial charge is 0.454 e. The van der Waals surface area contributed by atoms with E-state index in [2.05, 4.69) is 16.3 Å². The molecule has 0 radical (unpaired) electrons. The molecule has 202 valence electrons. The smallest absolute Gasteiger partial charge is 0.376 e. The Morgan fingerprint density at radius 2 is 1.37 bits per heavy atom. The molecule has 0 aliphatic heterocycles. The van der Waals surface area contributed by atoms with Gasteiger partial charge in [-0.05, 0) is 68.2 Å².